The Morgan fingerprint density at radius 1 is 1.33 bits per heavy atom. The van der Waals surface area contributed by atoms with Gasteiger partial charge in [-0.25, -0.2) is 9.37 Å². The van der Waals surface area contributed by atoms with E-state index in [1.807, 2.05) is 49.9 Å². The molecule has 1 aromatic carbocycles. The van der Waals surface area contributed by atoms with Gasteiger partial charge < -0.3 is 15.2 Å². The third-order valence-electron chi connectivity index (χ3n) is 4.22. The third-order valence-corrected chi connectivity index (χ3v) is 4.36. The van der Waals surface area contributed by atoms with Crippen LogP contribution < -0.4 is 10.6 Å². The number of alkyl halides is 2. The van der Waals surface area contributed by atoms with Gasteiger partial charge >= 0.3 is 0 Å². The van der Waals surface area contributed by atoms with Crippen molar-refractivity contribution in [1.29, 1.82) is 0 Å². The van der Waals surface area contributed by atoms with E-state index in [4.69, 9.17) is 11.6 Å². The highest BCUT2D eigenvalue weighted by Crippen LogP contribution is 2.27. The fourth-order valence-electron chi connectivity index (χ4n) is 2.60. The maximum absolute atomic E-state index is 14.1. The zero-order valence-corrected chi connectivity index (χ0v) is 17.2. The van der Waals surface area contributed by atoms with Crippen LogP contribution >= 0.6 is 11.6 Å². The first-order valence-electron chi connectivity index (χ1n) is 8.76. The van der Waals surface area contributed by atoms with Gasteiger partial charge in [0.15, 0.2) is 0 Å². The minimum atomic E-state index is -1.46. The number of aryl methyl sites for hydroxylation is 1. The highest BCUT2D eigenvalue weighted by atomic mass is 35.5. The Hall–Kier alpha value is -2.34. The van der Waals surface area contributed by atoms with Gasteiger partial charge in [0.1, 0.15) is 17.5 Å². The molecular formula is C20H27ClFN5. The Morgan fingerprint density at radius 3 is 2.52 bits per heavy atom. The van der Waals surface area contributed by atoms with E-state index in [0.29, 0.717) is 12.2 Å². The van der Waals surface area contributed by atoms with Crippen LogP contribution in [-0.4, -0.2) is 28.8 Å². The van der Waals surface area contributed by atoms with Crippen LogP contribution in [0.2, 0.25) is 0 Å². The van der Waals surface area contributed by atoms with Crippen molar-refractivity contribution in [3.63, 3.8) is 0 Å². The summed E-state index contributed by atoms with van der Waals surface area (Å²) in [5.41, 5.74) is 2.93. The predicted molar refractivity (Wildman–Crippen MR) is 111 cm³/mol. The van der Waals surface area contributed by atoms with Gasteiger partial charge in [0.05, 0.1) is 11.4 Å². The van der Waals surface area contributed by atoms with Crippen LogP contribution in [0.1, 0.15) is 32.0 Å². The van der Waals surface area contributed by atoms with Crippen LogP contribution in [0.3, 0.4) is 0 Å². The molecule has 0 bridgehead atoms. The molecule has 0 spiro atoms. The van der Waals surface area contributed by atoms with Gasteiger partial charge in [-0.15, -0.1) is 11.6 Å². The maximum Gasteiger partial charge on any atom is 0.148 e. The van der Waals surface area contributed by atoms with Crippen molar-refractivity contribution in [1.82, 2.24) is 20.2 Å². The van der Waals surface area contributed by atoms with Crippen molar-refractivity contribution < 1.29 is 4.39 Å². The first-order chi connectivity index (χ1) is 12.8. The number of rotatable bonds is 8. The number of halogens is 2. The molecule has 27 heavy (non-hydrogen) atoms. The fraction of sp³-hybridized carbons (Fsp3) is 0.400. The number of nitrogens with one attached hydrogen (secondary N) is 2. The minimum Gasteiger partial charge on any atom is -0.385 e. The molecule has 0 aliphatic carbocycles. The van der Waals surface area contributed by atoms with Gasteiger partial charge in [-0.3, -0.25) is 4.99 Å². The van der Waals surface area contributed by atoms with Crippen LogP contribution in [0.5, 0.6) is 0 Å². The molecule has 1 aromatic heterocycles. The van der Waals surface area contributed by atoms with Crippen molar-refractivity contribution in [2.45, 2.75) is 33.0 Å². The summed E-state index contributed by atoms with van der Waals surface area (Å²) in [6.07, 6.45) is 3.45. The zero-order valence-electron chi connectivity index (χ0n) is 16.5. The van der Waals surface area contributed by atoms with Gasteiger partial charge in [-0.1, -0.05) is 24.3 Å². The number of imidazole rings is 1. The number of hydrogen-bond donors (Lipinski definition) is 2. The summed E-state index contributed by atoms with van der Waals surface area (Å²) in [4.78, 5) is 8.48. The number of hydrogen-bond acceptors (Lipinski definition) is 4. The molecule has 2 N–H and O–H groups in total. The lowest BCUT2D eigenvalue weighted by molar-refractivity contribution is 0.215. The van der Waals surface area contributed by atoms with E-state index in [1.54, 1.807) is 12.4 Å². The predicted octanol–water partition coefficient (Wildman–Crippen LogP) is 4.10. The molecule has 0 saturated carbocycles. The second-order valence-corrected chi connectivity index (χ2v) is 7.04. The van der Waals surface area contributed by atoms with Crippen LogP contribution in [0.15, 0.2) is 46.8 Å². The molecule has 5 nitrogen and oxygen atoms in total. The topological polar surface area (TPSA) is 54.2 Å². The van der Waals surface area contributed by atoms with Crippen molar-refractivity contribution in [3.8, 4) is 11.4 Å². The normalized spacial score (nSPS) is 13.0. The molecule has 1 heterocycles. The average molecular weight is 392 g/mol. The molecule has 0 atom stereocenters. The Labute approximate surface area is 165 Å². The molecule has 146 valence electrons. The number of allylic oxidation sites excluding steroid dienone is 2. The van der Waals surface area contributed by atoms with Gasteiger partial charge in [0.2, 0.25) is 0 Å². The van der Waals surface area contributed by atoms with Crippen molar-refractivity contribution in [2.75, 3.05) is 13.1 Å². The molecule has 0 amide bonds. The average Bonchev–Trinajstić information content (AvgIpc) is 3.03. The molecular weight excluding hydrogens is 365 g/mol. The number of benzene rings is 1. The van der Waals surface area contributed by atoms with Gasteiger partial charge in [-0.2, -0.15) is 0 Å². The Morgan fingerprint density at radius 2 is 2.00 bits per heavy atom. The molecule has 0 unspecified atom stereocenters. The summed E-state index contributed by atoms with van der Waals surface area (Å²) >= 11 is 5.59. The minimum absolute atomic E-state index is 0.231. The number of nitrogens with zero attached hydrogens (tertiary/aromatic N) is 3. The second-order valence-electron chi connectivity index (χ2n) is 6.80. The summed E-state index contributed by atoms with van der Waals surface area (Å²) in [6.45, 7) is 5.69. The summed E-state index contributed by atoms with van der Waals surface area (Å²) in [6, 6.07) is 8.31. The van der Waals surface area contributed by atoms with Crippen LogP contribution in [0, 0.1) is 0 Å². The Balaban J connectivity index is 2.11. The fourth-order valence-corrected chi connectivity index (χ4v) is 2.67. The lowest BCUT2D eigenvalue weighted by Crippen LogP contribution is -2.19. The Kier molecular flexibility index (Phi) is 7.02. The van der Waals surface area contributed by atoms with E-state index in [0.717, 1.165) is 28.3 Å². The molecule has 7 heteroatoms. The number of aliphatic imine (C=N–C) groups is 1. The molecule has 2 aromatic rings. The van der Waals surface area contributed by atoms with Crippen molar-refractivity contribution in [2.24, 2.45) is 12.0 Å². The third kappa shape index (κ3) is 5.57. The molecule has 0 saturated heterocycles. The van der Waals surface area contributed by atoms with E-state index in [-0.39, 0.29) is 6.00 Å². The van der Waals surface area contributed by atoms with Gasteiger partial charge in [0, 0.05) is 44.3 Å². The highest BCUT2D eigenvalue weighted by Gasteiger charge is 2.23. The molecule has 0 aliphatic rings. The smallest absolute Gasteiger partial charge is 0.148 e. The van der Waals surface area contributed by atoms with E-state index in [9.17, 15) is 4.39 Å². The van der Waals surface area contributed by atoms with Gasteiger partial charge in [-0.05, 0) is 26.3 Å². The molecule has 0 aliphatic heterocycles. The van der Waals surface area contributed by atoms with Crippen LogP contribution in [0.25, 0.3) is 11.4 Å². The largest absolute Gasteiger partial charge is 0.385 e. The summed E-state index contributed by atoms with van der Waals surface area (Å²) in [5.74, 6) is 0.751. The zero-order chi connectivity index (χ0) is 20.0. The summed E-state index contributed by atoms with van der Waals surface area (Å²) < 4.78 is 16.0. The van der Waals surface area contributed by atoms with Crippen LogP contribution in [-0.2, 0) is 19.3 Å². The molecule has 0 fully saturated rings. The van der Waals surface area contributed by atoms with Crippen LogP contribution in [0.4, 0.5) is 4.39 Å². The summed E-state index contributed by atoms with van der Waals surface area (Å²) in [7, 11) is 3.72. The first-order valence-corrected chi connectivity index (χ1v) is 9.30. The molecule has 0 radical (unpaired) electrons. The van der Waals surface area contributed by atoms with E-state index in [1.165, 1.54) is 13.8 Å². The van der Waals surface area contributed by atoms with Crippen molar-refractivity contribution in [3.05, 3.63) is 53.1 Å². The van der Waals surface area contributed by atoms with E-state index < -0.39 is 5.67 Å². The highest BCUT2D eigenvalue weighted by molar-refractivity contribution is 6.18. The van der Waals surface area contributed by atoms with E-state index >= 15 is 0 Å². The quantitative estimate of drug-likeness (QED) is 0.404. The maximum atomic E-state index is 14.1. The Bertz CT molecular complexity index is 816. The monoisotopic (exact) mass is 391 g/mol. The SMILES string of the molecule is CNC(/C=N\CCl)=C(/C)NCc1ccc(-c2nc(C(C)(C)F)cn2C)cc1. The lowest BCUT2D eigenvalue weighted by atomic mass is 10.1. The lowest BCUT2D eigenvalue weighted by Gasteiger charge is -2.11. The standard InChI is InChI=1S/C20H27ClFN5/c1-14(17(23-4)11-24-13-21)25-10-15-6-8-16(9-7-15)19-26-18(12-27(19)5)20(2,3)22/h6-9,11-12,23,25H,10,13H2,1-5H3/b17-14-,24-11-. The second kappa shape index (κ2) is 9.04. The van der Waals surface area contributed by atoms with E-state index in [2.05, 4.69) is 20.6 Å². The number of aromatic nitrogens is 2. The first kappa shape index (κ1) is 21.0. The summed E-state index contributed by atoms with van der Waals surface area (Å²) in [5, 5.41) is 6.46. The van der Waals surface area contributed by atoms with Crippen molar-refractivity contribution >= 4 is 17.8 Å². The molecule has 2 rings (SSSR count). The van der Waals surface area contributed by atoms with Gasteiger partial charge in [0.25, 0.3) is 0 Å².